The maximum absolute atomic E-state index is 13.3. The highest BCUT2D eigenvalue weighted by molar-refractivity contribution is 6.12. The van der Waals surface area contributed by atoms with Crippen LogP contribution in [0.15, 0.2) is 12.2 Å². The molecule has 0 bridgehead atoms. The van der Waals surface area contributed by atoms with Crippen molar-refractivity contribution in [3.05, 3.63) is 12.2 Å². The maximum atomic E-state index is 13.3. The number of carboxylic acids is 1. The Morgan fingerprint density at radius 2 is 1.61 bits per heavy atom. The zero-order valence-corrected chi connectivity index (χ0v) is 20.9. The normalized spacial score (nSPS) is 17.2. The van der Waals surface area contributed by atoms with E-state index in [1.165, 1.54) is 24.2 Å². The number of imide groups is 1. The minimum Gasteiger partial charge on any atom is -0.481 e. The van der Waals surface area contributed by atoms with E-state index in [2.05, 4.69) is 0 Å². The molecule has 8 heteroatoms. The quantitative estimate of drug-likeness (QED) is 0.259. The molecule has 0 saturated carbocycles. The highest BCUT2D eigenvalue weighted by Crippen LogP contribution is 2.25. The fraction of sp³-hybridized carbons (Fsp3) is 0.760. The van der Waals surface area contributed by atoms with Crippen molar-refractivity contribution in [3.63, 3.8) is 0 Å². The second-order valence-corrected chi connectivity index (χ2v) is 9.02. The SMILES string of the molecule is CC[C@H](CCCCCCCN1C(=O)C=CC1=O)C(=O)N(C)[C@H](C(CC(=O)O)OC)[C@@H](C)CC. The minimum absolute atomic E-state index is 0.0498. The Bertz CT molecular complexity index is 674. The number of methoxy groups -OCH3 is 1. The lowest BCUT2D eigenvalue weighted by atomic mass is 9.89. The van der Waals surface area contributed by atoms with Crippen molar-refractivity contribution in [1.29, 1.82) is 0 Å². The average Bonchev–Trinajstić information content (AvgIpc) is 3.11. The molecule has 0 aromatic carbocycles. The van der Waals surface area contributed by atoms with Gasteiger partial charge >= 0.3 is 5.97 Å². The molecule has 1 N–H and O–H groups in total. The van der Waals surface area contributed by atoms with E-state index in [0.29, 0.717) is 6.54 Å². The highest BCUT2D eigenvalue weighted by Gasteiger charge is 2.35. The third kappa shape index (κ3) is 8.91. The monoisotopic (exact) mass is 466 g/mol. The number of unbranched alkanes of at least 4 members (excludes halogenated alkanes) is 4. The molecule has 0 radical (unpaired) electrons. The van der Waals surface area contributed by atoms with Crippen LogP contribution >= 0.6 is 0 Å². The number of carbonyl (C=O) groups is 4. The number of aliphatic carboxylic acids is 1. The van der Waals surface area contributed by atoms with Crippen LogP contribution in [0.3, 0.4) is 0 Å². The van der Waals surface area contributed by atoms with Crippen molar-refractivity contribution in [3.8, 4) is 0 Å². The predicted molar refractivity (Wildman–Crippen MR) is 126 cm³/mol. The second kappa shape index (κ2) is 14.8. The number of carboxylic acid groups (broad SMARTS) is 1. The lowest BCUT2D eigenvalue weighted by Gasteiger charge is -2.38. The van der Waals surface area contributed by atoms with Crippen LogP contribution in [-0.4, -0.2) is 71.4 Å². The molecule has 0 saturated heterocycles. The molecule has 188 valence electrons. The van der Waals surface area contributed by atoms with Gasteiger partial charge in [0.1, 0.15) is 0 Å². The largest absolute Gasteiger partial charge is 0.481 e. The van der Waals surface area contributed by atoms with Crippen molar-refractivity contribution in [2.24, 2.45) is 11.8 Å². The van der Waals surface area contributed by atoms with Gasteiger partial charge in [-0.2, -0.15) is 0 Å². The molecule has 0 aromatic heterocycles. The first-order valence-corrected chi connectivity index (χ1v) is 12.2. The Morgan fingerprint density at radius 3 is 2.12 bits per heavy atom. The van der Waals surface area contributed by atoms with Gasteiger partial charge < -0.3 is 14.7 Å². The Morgan fingerprint density at radius 1 is 1.03 bits per heavy atom. The molecular formula is C25H42N2O6. The van der Waals surface area contributed by atoms with Gasteiger partial charge in [-0.25, -0.2) is 0 Å². The van der Waals surface area contributed by atoms with Crippen LogP contribution in [0.5, 0.6) is 0 Å². The van der Waals surface area contributed by atoms with Crippen molar-refractivity contribution in [2.75, 3.05) is 20.7 Å². The summed E-state index contributed by atoms with van der Waals surface area (Å²) in [7, 11) is 3.27. The molecule has 3 amide bonds. The summed E-state index contributed by atoms with van der Waals surface area (Å²) in [5.74, 6) is -1.34. The molecule has 0 aliphatic carbocycles. The molecule has 4 atom stereocenters. The van der Waals surface area contributed by atoms with Gasteiger partial charge in [-0.3, -0.25) is 24.1 Å². The number of amides is 3. The average molecular weight is 467 g/mol. The van der Waals surface area contributed by atoms with Crippen molar-refractivity contribution in [1.82, 2.24) is 9.80 Å². The van der Waals surface area contributed by atoms with E-state index < -0.39 is 12.1 Å². The lowest BCUT2D eigenvalue weighted by molar-refractivity contribution is -0.148. The summed E-state index contributed by atoms with van der Waals surface area (Å²) >= 11 is 0. The van der Waals surface area contributed by atoms with Gasteiger partial charge in [-0.05, 0) is 25.2 Å². The molecule has 33 heavy (non-hydrogen) atoms. The lowest BCUT2D eigenvalue weighted by Crippen LogP contribution is -2.51. The zero-order chi connectivity index (χ0) is 25.0. The molecular weight excluding hydrogens is 424 g/mol. The number of nitrogens with zero attached hydrogens (tertiary/aromatic N) is 2. The Kier molecular flexibility index (Phi) is 13.0. The van der Waals surface area contributed by atoms with Crippen molar-refractivity contribution < 1.29 is 29.0 Å². The molecule has 0 fully saturated rings. The molecule has 8 nitrogen and oxygen atoms in total. The number of likely N-dealkylation sites (N-methyl/N-ethyl adjacent to an activating group) is 1. The summed E-state index contributed by atoms with van der Waals surface area (Å²) in [6.07, 6.45) is 8.91. The van der Waals surface area contributed by atoms with Crippen LogP contribution < -0.4 is 0 Å². The van der Waals surface area contributed by atoms with Crippen LogP contribution in [0.2, 0.25) is 0 Å². The number of ether oxygens (including phenoxy) is 1. The van der Waals surface area contributed by atoms with E-state index >= 15 is 0 Å². The smallest absolute Gasteiger partial charge is 0.306 e. The third-order valence-electron chi connectivity index (χ3n) is 6.76. The van der Waals surface area contributed by atoms with E-state index in [1.807, 2.05) is 20.8 Å². The van der Waals surface area contributed by atoms with Crippen molar-refractivity contribution in [2.45, 2.75) is 90.7 Å². The first-order valence-electron chi connectivity index (χ1n) is 12.2. The zero-order valence-electron chi connectivity index (χ0n) is 20.9. The van der Waals surface area contributed by atoms with E-state index in [4.69, 9.17) is 4.74 Å². The summed E-state index contributed by atoms with van der Waals surface area (Å²) in [6, 6.07) is -0.289. The van der Waals surface area contributed by atoms with Crippen LogP contribution in [0.4, 0.5) is 0 Å². The number of hydrogen-bond donors (Lipinski definition) is 1. The predicted octanol–water partition coefficient (Wildman–Crippen LogP) is 3.64. The van der Waals surface area contributed by atoms with Gasteiger partial charge in [0.05, 0.1) is 18.6 Å². The Balaban J connectivity index is 2.50. The third-order valence-corrected chi connectivity index (χ3v) is 6.76. The van der Waals surface area contributed by atoms with Crippen LogP contribution in [0.1, 0.15) is 78.6 Å². The molecule has 1 aliphatic heterocycles. The van der Waals surface area contributed by atoms with Crippen LogP contribution in [-0.2, 0) is 23.9 Å². The van der Waals surface area contributed by atoms with E-state index in [1.54, 1.807) is 11.9 Å². The fourth-order valence-corrected chi connectivity index (χ4v) is 4.53. The number of carbonyl (C=O) groups excluding carboxylic acids is 3. The number of hydrogen-bond acceptors (Lipinski definition) is 5. The summed E-state index contributed by atoms with van der Waals surface area (Å²) in [6.45, 7) is 6.53. The van der Waals surface area contributed by atoms with Crippen molar-refractivity contribution >= 4 is 23.7 Å². The standard InChI is InChI=1S/C25H42N2O6/c1-6-18(3)24(20(33-5)17-23(30)31)26(4)25(32)19(7-2)13-11-9-8-10-12-16-27-21(28)14-15-22(27)29/h14-15,18-20,24H,6-13,16-17H2,1-5H3,(H,30,31)/t18-,19+,20?,24-/m0/s1. The maximum Gasteiger partial charge on any atom is 0.306 e. The summed E-state index contributed by atoms with van der Waals surface area (Å²) < 4.78 is 5.49. The van der Waals surface area contributed by atoms with Gasteiger partial charge in [-0.15, -0.1) is 0 Å². The first-order chi connectivity index (χ1) is 15.7. The van der Waals surface area contributed by atoms with Gasteiger partial charge in [0.2, 0.25) is 5.91 Å². The van der Waals surface area contributed by atoms with Gasteiger partial charge in [0.15, 0.2) is 0 Å². The highest BCUT2D eigenvalue weighted by atomic mass is 16.5. The van der Waals surface area contributed by atoms with E-state index in [9.17, 15) is 24.3 Å². The van der Waals surface area contributed by atoms with E-state index in [0.717, 1.165) is 51.4 Å². The summed E-state index contributed by atoms with van der Waals surface area (Å²) in [5, 5.41) is 9.26. The van der Waals surface area contributed by atoms with Crippen LogP contribution in [0.25, 0.3) is 0 Å². The Labute approximate surface area is 198 Å². The topological polar surface area (TPSA) is 104 Å². The second-order valence-electron chi connectivity index (χ2n) is 9.02. The van der Waals surface area contributed by atoms with Gasteiger partial charge in [-0.1, -0.05) is 52.9 Å². The fourth-order valence-electron chi connectivity index (χ4n) is 4.53. The molecule has 0 spiro atoms. The van der Waals surface area contributed by atoms with E-state index in [-0.39, 0.29) is 42.0 Å². The Hall–Kier alpha value is -2.22. The van der Waals surface area contributed by atoms with Crippen LogP contribution in [0, 0.1) is 11.8 Å². The summed E-state index contributed by atoms with van der Waals surface area (Å²) in [5.41, 5.74) is 0. The molecule has 1 aliphatic rings. The summed E-state index contributed by atoms with van der Waals surface area (Å²) in [4.78, 5) is 50.6. The van der Waals surface area contributed by atoms with Gasteiger partial charge in [0.25, 0.3) is 11.8 Å². The molecule has 0 aromatic rings. The molecule has 1 unspecified atom stereocenters. The first kappa shape index (κ1) is 28.8. The minimum atomic E-state index is -0.933. The number of rotatable bonds is 17. The van der Waals surface area contributed by atoms with Gasteiger partial charge in [0, 0.05) is 38.8 Å². The molecule has 1 heterocycles. The molecule has 1 rings (SSSR count).